The second kappa shape index (κ2) is 12.6. The molecular formula is C10H25N. The molecule has 1 heteroatoms. The zero-order chi connectivity index (χ0) is 9.11. The third-order valence-corrected chi connectivity index (χ3v) is 0.854. The molecule has 0 rings (SSSR count). The van der Waals surface area contributed by atoms with E-state index in [1.165, 1.54) is 25.9 Å². The monoisotopic (exact) mass is 159 g/mol. The van der Waals surface area contributed by atoms with Gasteiger partial charge in [-0.05, 0) is 31.8 Å². The van der Waals surface area contributed by atoms with Gasteiger partial charge in [0.2, 0.25) is 0 Å². The van der Waals surface area contributed by atoms with E-state index in [1.807, 2.05) is 0 Å². The molecule has 1 nitrogen and oxygen atoms in total. The molecule has 0 aliphatic rings. The van der Waals surface area contributed by atoms with Gasteiger partial charge in [0.1, 0.15) is 0 Å². The van der Waals surface area contributed by atoms with Crippen molar-refractivity contribution < 1.29 is 0 Å². The van der Waals surface area contributed by atoms with Crippen LogP contribution in [0.4, 0.5) is 0 Å². The molecule has 0 spiro atoms. The first-order chi connectivity index (χ1) is 5.15. The first-order valence-electron chi connectivity index (χ1n) is 4.85. The summed E-state index contributed by atoms with van der Waals surface area (Å²) in [5, 5.41) is 3.28. The Bertz CT molecular complexity index is 44.1. The van der Waals surface area contributed by atoms with Crippen LogP contribution in [0.25, 0.3) is 0 Å². The van der Waals surface area contributed by atoms with Crippen molar-refractivity contribution in [3.63, 3.8) is 0 Å². The van der Waals surface area contributed by atoms with Crippen LogP contribution in [0, 0.1) is 5.92 Å². The van der Waals surface area contributed by atoms with E-state index in [1.54, 1.807) is 0 Å². The highest BCUT2D eigenvalue weighted by atomic mass is 14.8. The minimum atomic E-state index is 0.833. The maximum atomic E-state index is 3.28. The summed E-state index contributed by atoms with van der Waals surface area (Å²) in [6.07, 6.45) is 2.50. The van der Waals surface area contributed by atoms with Gasteiger partial charge in [0.15, 0.2) is 0 Å². The molecule has 0 amide bonds. The number of hydrogen-bond acceptors (Lipinski definition) is 1. The lowest BCUT2D eigenvalue weighted by Gasteiger charge is -1.95. The maximum absolute atomic E-state index is 3.28. The van der Waals surface area contributed by atoms with E-state index >= 15 is 0 Å². The molecule has 1 N–H and O–H groups in total. The number of rotatable bonds is 4. The van der Waals surface area contributed by atoms with Crippen LogP contribution in [0.15, 0.2) is 0 Å². The van der Waals surface area contributed by atoms with Crippen molar-refractivity contribution in [1.82, 2.24) is 5.32 Å². The molecule has 0 fully saturated rings. The Hall–Kier alpha value is -0.0400. The summed E-state index contributed by atoms with van der Waals surface area (Å²) >= 11 is 0. The molecular weight excluding hydrogens is 134 g/mol. The second-order valence-corrected chi connectivity index (χ2v) is 3.48. The summed E-state index contributed by atoms with van der Waals surface area (Å²) in [6.45, 7) is 13.2. The van der Waals surface area contributed by atoms with Gasteiger partial charge < -0.3 is 5.32 Å². The summed E-state index contributed by atoms with van der Waals surface area (Å²) in [5.74, 6) is 0.833. The quantitative estimate of drug-likeness (QED) is 0.622. The van der Waals surface area contributed by atoms with Gasteiger partial charge in [-0.3, -0.25) is 0 Å². The summed E-state index contributed by atoms with van der Waals surface area (Å²) in [7, 11) is 0. The predicted octanol–water partition coefficient (Wildman–Crippen LogP) is 3.06. The number of nitrogens with one attached hydrogen (secondary N) is 1. The molecule has 11 heavy (non-hydrogen) atoms. The highest BCUT2D eigenvalue weighted by Crippen LogP contribution is 1.81. The van der Waals surface area contributed by atoms with Crippen molar-refractivity contribution in [2.24, 2.45) is 5.92 Å². The van der Waals surface area contributed by atoms with E-state index in [0.29, 0.717) is 0 Å². The van der Waals surface area contributed by atoms with Gasteiger partial charge in [0.25, 0.3) is 0 Å². The van der Waals surface area contributed by atoms with Gasteiger partial charge in [0, 0.05) is 0 Å². The van der Waals surface area contributed by atoms with E-state index in [2.05, 4.69) is 39.9 Å². The average Bonchev–Trinajstić information content (AvgIpc) is 1.88. The van der Waals surface area contributed by atoms with Crippen LogP contribution in [0.1, 0.15) is 47.5 Å². The third kappa shape index (κ3) is 40.2. The Morgan fingerprint density at radius 3 is 1.36 bits per heavy atom. The van der Waals surface area contributed by atoms with Crippen LogP contribution < -0.4 is 5.32 Å². The van der Waals surface area contributed by atoms with E-state index in [4.69, 9.17) is 0 Å². The lowest BCUT2D eigenvalue weighted by atomic mass is 10.3. The number of hydrogen-bond donors (Lipinski definition) is 1. The van der Waals surface area contributed by atoms with Gasteiger partial charge in [-0.25, -0.2) is 0 Å². The Balaban J connectivity index is 0. The summed E-state index contributed by atoms with van der Waals surface area (Å²) in [5.41, 5.74) is 0. The first kappa shape index (κ1) is 13.5. The zero-order valence-corrected chi connectivity index (χ0v) is 8.91. The van der Waals surface area contributed by atoms with Crippen LogP contribution in [0.3, 0.4) is 0 Å². The SMILES string of the molecule is CC(C)C.CCCNCCC. The lowest BCUT2D eigenvalue weighted by Crippen LogP contribution is -2.14. The van der Waals surface area contributed by atoms with Crippen molar-refractivity contribution in [1.29, 1.82) is 0 Å². The van der Waals surface area contributed by atoms with Crippen molar-refractivity contribution in [2.45, 2.75) is 47.5 Å². The Kier molecular flexibility index (Phi) is 15.5. The summed E-state index contributed by atoms with van der Waals surface area (Å²) in [6, 6.07) is 0. The molecule has 0 aliphatic carbocycles. The molecule has 0 aromatic heterocycles. The summed E-state index contributed by atoms with van der Waals surface area (Å²) in [4.78, 5) is 0. The standard InChI is InChI=1S/C6H15N.C4H10/c1-3-5-7-6-4-2;1-4(2)3/h7H,3-6H2,1-2H3;4H,1-3H3. The van der Waals surface area contributed by atoms with Gasteiger partial charge in [-0.1, -0.05) is 34.6 Å². The minimum Gasteiger partial charge on any atom is -0.317 e. The van der Waals surface area contributed by atoms with Crippen LogP contribution in [-0.2, 0) is 0 Å². The molecule has 70 valence electrons. The molecule has 0 aromatic rings. The van der Waals surface area contributed by atoms with Crippen molar-refractivity contribution in [2.75, 3.05) is 13.1 Å². The Morgan fingerprint density at radius 1 is 0.909 bits per heavy atom. The molecule has 0 saturated carbocycles. The molecule has 0 aromatic carbocycles. The summed E-state index contributed by atoms with van der Waals surface area (Å²) < 4.78 is 0. The van der Waals surface area contributed by atoms with Crippen LogP contribution in [-0.4, -0.2) is 13.1 Å². The molecule has 0 atom stereocenters. The average molecular weight is 159 g/mol. The van der Waals surface area contributed by atoms with E-state index in [-0.39, 0.29) is 0 Å². The fraction of sp³-hybridized carbons (Fsp3) is 1.00. The van der Waals surface area contributed by atoms with Crippen molar-refractivity contribution in [3.05, 3.63) is 0 Å². The Morgan fingerprint density at radius 2 is 1.18 bits per heavy atom. The van der Waals surface area contributed by atoms with Gasteiger partial charge in [-0.2, -0.15) is 0 Å². The minimum absolute atomic E-state index is 0.833. The normalized spacial score (nSPS) is 9.27. The van der Waals surface area contributed by atoms with E-state index < -0.39 is 0 Å². The van der Waals surface area contributed by atoms with E-state index in [9.17, 15) is 0 Å². The topological polar surface area (TPSA) is 12.0 Å². The first-order valence-corrected chi connectivity index (χ1v) is 4.85. The smallest absolute Gasteiger partial charge is 0.00516 e. The fourth-order valence-electron chi connectivity index (χ4n) is 0.479. The maximum Gasteiger partial charge on any atom is -0.00516 e. The fourth-order valence-corrected chi connectivity index (χ4v) is 0.479. The predicted molar refractivity (Wildman–Crippen MR) is 54.0 cm³/mol. The van der Waals surface area contributed by atoms with E-state index in [0.717, 1.165) is 5.92 Å². The van der Waals surface area contributed by atoms with Crippen LogP contribution >= 0.6 is 0 Å². The van der Waals surface area contributed by atoms with Crippen molar-refractivity contribution >= 4 is 0 Å². The molecule has 0 bridgehead atoms. The Labute approximate surface area is 72.6 Å². The highest BCUT2D eigenvalue weighted by molar-refractivity contribution is 4.39. The van der Waals surface area contributed by atoms with Crippen molar-refractivity contribution in [3.8, 4) is 0 Å². The van der Waals surface area contributed by atoms with Gasteiger partial charge in [-0.15, -0.1) is 0 Å². The van der Waals surface area contributed by atoms with Crippen LogP contribution in [0.2, 0.25) is 0 Å². The lowest BCUT2D eigenvalue weighted by molar-refractivity contribution is 0.662. The zero-order valence-electron chi connectivity index (χ0n) is 8.91. The largest absolute Gasteiger partial charge is 0.317 e. The molecule has 0 unspecified atom stereocenters. The molecule has 0 saturated heterocycles. The molecule has 0 radical (unpaired) electrons. The van der Waals surface area contributed by atoms with Crippen LogP contribution in [0.5, 0.6) is 0 Å². The third-order valence-electron chi connectivity index (χ3n) is 0.854. The second-order valence-electron chi connectivity index (χ2n) is 3.48. The highest BCUT2D eigenvalue weighted by Gasteiger charge is 1.76. The van der Waals surface area contributed by atoms with Gasteiger partial charge >= 0.3 is 0 Å². The molecule has 0 aliphatic heterocycles. The molecule has 0 heterocycles. The van der Waals surface area contributed by atoms with Gasteiger partial charge in [0.05, 0.1) is 0 Å².